The lowest BCUT2D eigenvalue weighted by Crippen LogP contribution is -2.07. The standard InChI is InChI=1S/C16H21NO2S2/c1-3-15-16(8-10-20-15)21(18,19)14-6-4-5-13(11-14)12(2)7-9-17/h4-6,8,10-12H,3,7,9,17H2,1-2H3. The first-order chi connectivity index (χ1) is 10.0. The van der Waals surface area contributed by atoms with Crippen LogP contribution in [0.4, 0.5) is 0 Å². The molecule has 1 aromatic carbocycles. The molecule has 0 amide bonds. The predicted octanol–water partition coefficient (Wildman–Crippen LogP) is 3.60. The average molecular weight is 323 g/mol. The number of rotatable bonds is 6. The van der Waals surface area contributed by atoms with Crippen molar-refractivity contribution in [1.29, 1.82) is 0 Å². The summed E-state index contributed by atoms with van der Waals surface area (Å²) in [5, 5.41) is 1.84. The molecule has 0 radical (unpaired) electrons. The number of hydrogen-bond acceptors (Lipinski definition) is 4. The van der Waals surface area contributed by atoms with Crippen LogP contribution in [0.1, 0.15) is 36.6 Å². The molecular formula is C16H21NO2S2. The highest BCUT2D eigenvalue weighted by atomic mass is 32.2. The van der Waals surface area contributed by atoms with Gasteiger partial charge in [-0.1, -0.05) is 26.0 Å². The highest BCUT2D eigenvalue weighted by Gasteiger charge is 2.22. The Morgan fingerprint density at radius 2 is 2.05 bits per heavy atom. The molecule has 0 fully saturated rings. The van der Waals surface area contributed by atoms with Crippen LogP contribution in [0.15, 0.2) is 45.5 Å². The third-order valence-corrected chi connectivity index (χ3v) is 6.68. The fourth-order valence-electron chi connectivity index (χ4n) is 2.36. The van der Waals surface area contributed by atoms with E-state index in [2.05, 4.69) is 6.92 Å². The Labute approximate surface area is 130 Å². The molecule has 1 atom stereocenters. The van der Waals surface area contributed by atoms with Gasteiger partial charge in [-0.15, -0.1) is 11.3 Å². The largest absolute Gasteiger partial charge is 0.330 e. The molecule has 0 saturated carbocycles. The van der Waals surface area contributed by atoms with Gasteiger partial charge in [0.25, 0.3) is 0 Å². The van der Waals surface area contributed by atoms with Gasteiger partial charge in [-0.25, -0.2) is 8.42 Å². The summed E-state index contributed by atoms with van der Waals surface area (Å²) in [5.74, 6) is 0.262. The van der Waals surface area contributed by atoms with Crippen LogP contribution in [0.5, 0.6) is 0 Å². The molecule has 5 heteroatoms. The van der Waals surface area contributed by atoms with Crippen LogP contribution in [0.25, 0.3) is 0 Å². The van der Waals surface area contributed by atoms with E-state index in [-0.39, 0.29) is 5.92 Å². The van der Waals surface area contributed by atoms with Crippen molar-refractivity contribution in [3.05, 3.63) is 46.2 Å². The summed E-state index contributed by atoms with van der Waals surface area (Å²) in [5.41, 5.74) is 6.61. The van der Waals surface area contributed by atoms with E-state index in [1.54, 1.807) is 18.2 Å². The van der Waals surface area contributed by atoms with Crippen LogP contribution < -0.4 is 5.73 Å². The third kappa shape index (κ3) is 3.36. The van der Waals surface area contributed by atoms with Crippen molar-refractivity contribution in [2.75, 3.05) is 6.54 Å². The SMILES string of the molecule is CCc1sccc1S(=O)(=O)c1cccc(C(C)CCN)c1. The van der Waals surface area contributed by atoms with Crippen molar-refractivity contribution in [3.8, 4) is 0 Å². The molecule has 21 heavy (non-hydrogen) atoms. The third-order valence-electron chi connectivity index (χ3n) is 3.65. The van der Waals surface area contributed by atoms with E-state index >= 15 is 0 Å². The molecule has 0 spiro atoms. The zero-order chi connectivity index (χ0) is 15.5. The van der Waals surface area contributed by atoms with Crippen LogP contribution in [0.3, 0.4) is 0 Å². The van der Waals surface area contributed by atoms with Crippen molar-refractivity contribution < 1.29 is 8.42 Å². The van der Waals surface area contributed by atoms with Gasteiger partial charge >= 0.3 is 0 Å². The maximum Gasteiger partial charge on any atom is 0.207 e. The van der Waals surface area contributed by atoms with Gasteiger partial charge in [-0.05, 0) is 54.4 Å². The Morgan fingerprint density at radius 3 is 2.71 bits per heavy atom. The molecule has 0 saturated heterocycles. The van der Waals surface area contributed by atoms with Crippen molar-refractivity contribution in [3.63, 3.8) is 0 Å². The maximum atomic E-state index is 12.8. The van der Waals surface area contributed by atoms with Gasteiger partial charge in [0.05, 0.1) is 9.79 Å². The molecule has 1 aromatic heterocycles. The molecule has 3 nitrogen and oxygen atoms in total. The fourth-order valence-corrected chi connectivity index (χ4v) is 5.13. The average Bonchev–Trinajstić information content (AvgIpc) is 2.97. The van der Waals surface area contributed by atoms with E-state index in [4.69, 9.17) is 5.73 Å². The Bertz CT molecular complexity index is 705. The van der Waals surface area contributed by atoms with E-state index in [1.807, 2.05) is 24.4 Å². The first-order valence-electron chi connectivity index (χ1n) is 7.12. The molecule has 0 bridgehead atoms. The Kier molecular flexibility index (Phi) is 5.19. The number of hydrogen-bond donors (Lipinski definition) is 1. The zero-order valence-electron chi connectivity index (χ0n) is 12.4. The molecule has 1 unspecified atom stereocenters. The van der Waals surface area contributed by atoms with Crippen molar-refractivity contribution >= 4 is 21.2 Å². The van der Waals surface area contributed by atoms with Gasteiger partial charge in [0, 0.05) is 4.88 Å². The molecule has 2 rings (SSSR count). The molecular weight excluding hydrogens is 302 g/mol. The van der Waals surface area contributed by atoms with Crippen molar-refractivity contribution in [2.45, 2.75) is 42.4 Å². The van der Waals surface area contributed by atoms with E-state index in [9.17, 15) is 8.42 Å². The van der Waals surface area contributed by atoms with E-state index in [0.29, 0.717) is 16.3 Å². The van der Waals surface area contributed by atoms with Gasteiger partial charge in [0.15, 0.2) is 0 Å². The van der Waals surface area contributed by atoms with Crippen LogP contribution in [-0.2, 0) is 16.3 Å². The minimum absolute atomic E-state index is 0.262. The minimum Gasteiger partial charge on any atom is -0.330 e. The van der Waals surface area contributed by atoms with Gasteiger partial charge in [0.2, 0.25) is 9.84 Å². The monoisotopic (exact) mass is 323 g/mol. The summed E-state index contributed by atoms with van der Waals surface area (Å²) in [4.78, 5) is 1.73. The number of thiophene rings is 1. The Balaban J connectivity index is 2.44. The van der Waals surface area contributed by atoms with Crippen LogP contribution in [0.2, 0.25) is 0 Å². The molecule has 0 aliphatic heterocycles. The Hall–Kier alpha value is -1.17. The highest BCUT2D eigenvalue weighted by molar-refractivity contribution is 7.91. The van der Waals surface area contributed by atoms with Gasteiger partial charge in [-0.3, -0.25) is 0 Å². The summed E-state index contributed by atoms with van der Waals surface area (Å²) in [6.07, 6.45) is 1.58. The summed E-state index contributed by atoms with van der Waals surface area (Å²) < 4.78 is 25.6. The predicted molar refractivity (Wildman–Crippen MR) is 87.7 cm³/mol. The summed E-state index contributed by atoms with van der Waals surface area (Å²) >= 11 is 1.49. The van der Waals surface area contributed by atoms with E-state index < -0.39 is 9.84 Å². The quantitative estimate of drug-likeness (QED) is 0.883. The number of aryl methyl sites for hydroxylation is 1. The molecule has 114 valence electrons. The fraction of sp³-hybridized carbons (Fsp3) is 0.375. The first-order valence-corrected chi connectivity index (χ1v) is 9.48. The molecule has 2 N–H and O–H groups in total. The zero-order valence-corrected chi connectivity index (χ0v) is 14.0. The minimum atomic E-state index is -3.43. The van der Waals surface area contributed by atoms with Gasteiger partial charge in [0.1, 0.15) is 0 Å². The summed E-state index contributed by atoms with van der Waals surface area (Å²) in [6.45, 7) is 4.65. The number of nitrogens with two attached hydrogens (primary N) is 1. The first kappa shape index (κ1) is 16.2. The molecule has 0 aliphatic rings. The van der Waals surface area contributed by atoms with Crippen LogP contribution in [0, 0.1) is 0 Å². The van der Waals surface area contributed by atoms with Crippen molar-refractivity contribution in [1.82, 2.24) is 0 Å². The van der Waals surface area contributed by atoms with Crippen LogP contribution >= 0.6 is 11.3 Å². The van der Waals surface area contributed by atoms with Gasteiger partial charge in [-0.2, -0.15) is 0 Å². The molecule has 0 aliphatic carbocycles. The van der Waals surface area contributed by atoms with E-state index in [0.717, 1.165) is 23.3 Å². The van der Waals surface area contributed by atoms with Gasteiger partial charge < -0.3 is 5.73 Å². The van der Waals surface area contributed by atoms with Crippen molar-refractivity contribution in [2.24, 2.45) is 5.73 Å². The number of benzene rings is 1. The lowest BCUT2D eigenvalue weighted by molar-refractivity contribution is 0.595. The van der Waals surface area contributed by atoms with Crippen LogP contribution in [-0.4, -0.2) is 15.0 Å². The Morgan fingerprint density at radius 1 is 1.29 bits per heavy atom. The second kappa shape index (κ2) is 6.73. The highest BCUT2D eigenvalue weighted by Crippen LogP contribution is 2.30. The molecule has 2 aromatic rings. The lowest BCUT2D eigenvalue weighted by atomic mass is 9.98. The second-order valence-corrected chi connectivity index (χ2v) is 8.03. The maximum absolute atomic E-state index is 12.8. The summed E-state index contributed by atoms with van der Waals surface area (Å²) in [7, 11) is -3.43. The topological polar surface area (TPSA) is 60.2 Å². The lowest BCUT2D eigenvalue weighted by Gasteiger charge is -2.12. The second-order valence-electron chi connectivity index (χ2n) is 5.12. The smallest absolute Gasteiger partial charge is 0.207 e. The normalized spacial score (nSPS) is 13.3. The number of sulfone groups is 1. The molecule has 1 heterocycles. The summed E-state index contributed by atoms with van der Waals surface area (Å²) in [6, 6.07) is 8.94. The van der Waals surface area contributed by atoms with E-state index in [1.165, 1.54) is 11.3 Å².